The molecule has 2 saturated heterocycles. The Morgan fingerprint density at radius 1 is 0.662 bits per heavy atom. The van der Waals surface area contributed by atoms with Crippen LogP contribution in [0.4, 0.5) is 23.0 Å². The minimum Gasteiger partial charge on any atom is -0.397 e. The van der Waals surface area contributed by atoms with Crippen LogP contribution in [0.5, 0.6) is 0 Å². The van der Waals surface area contributed by atoms with E-state index in [1.807, 2.05) is 121 Å². The molecule has 4 aromatic carbocycles. The fourth-order valence-electron chi connectivity index (χ4n) is 10.00. The molecular weight excluding hydrogens is 1000 g/mol. The Bertz CT molecular complexity index is 3330. The van der Waals surface area contributed by atoms with Crippen LogP contribution in [-0.2, 0) is 9.47 Å². The Hall–Kier alpha value is -8.64. The predicted octanol–water partition coefficient (Wildman–Crippen LogP) is 10.2. The number of nitrogens with one attached hydrogen (secondary N) is 1. The van der Waals surface area contributed by atoms with Gasteiger partial charge in [-0.15, -0.1) is 0 Å². The second kappa shape index (κ2) is 28.3. The molecule has 0 radical (unpaired) electrons. The van der Waals surface area contributed by atoms with Crippen molar-refractivity contribution in [1.29, 1.82) is 10.5 Å². The van der Waals surface area contributed by atoms with E-state index in [9.17, 15) is 14.4 Å². The van der Waals surface area contributed by atoms with Crippen molar-refractivity contribution in [1.82, 2.24) is 29.7 Å². The largest absolute Gasteiger partial charge is 0.397 e. The number of likely N-dealkylation sites (N-methyl/N-ethyl adjacent to an activating group) is 2. The van der Waals surface area contributed by atoms with Crippen molar-refractivity contribution >= 4 is 52.1 Å². The van der Waals surface area contributed by atoms with Gasteiger partial charge in [-0.2, -0.15) is 10.5 Å². The van der Waals surface area contributed by atoms with Crippen LogP contribution < -0.4 is 21.3 Å². The van der Waals surface area contributed by atoms with Crippen molar-refractivity contribution in [2.24, 2.45) is 0 Å². The van der Waals surface area contributed by atoms with E-state index >= 15 is 0 Å². The number of benzene rings is 4. The van der Waals surface area contributed by atoms with Crippen LogP contribution in [0, 0.1) is 50.4 Å². The van der Waals surface area contributed by atoms with Gasteiger partial charge in [0.25, 0.3) is 11.8 Å². The molecule has 3 aromatic heterocycles. The van der Waals surface area contributed by atoms with Crippen molar-refractivity contribution < 1.29 is 23.9 Å². The number of nitriles is 2. The highest BCUT2D eigenvalue weighted by Crippen LogP contribution is 2.33. The first-order valence-corrected chi connectivity index (χ1v) is 26.6. The molecule has 418 valence electrons. The van der Waals surface area contributed by atoms with Crippen LogP contribution >= 0.6 is 0 Å². The number of hydrogen-bond donors (Lipinski definition) is 3. The average Bonchev–Trinajstić information content (AvgIpc) is 3.90. The Morgan fingerprint density at radius 3 is 1.59 bits per heavy atom. The summed E-state index contributed by atoms with van der Waals surface area (Å²) in [6, 6.07) is 31.3. The number of aromatic amines is 1. The Balaban J connectivity index is 0.000000216. The van der Waals surface area contributed by atoms with Gasteiger partial charge in [0, 0.05) is 102 Å². The molecule has 17 nitrogen and oxygen atoms in total. The number of likely N-dealkylation sites (tertiary alicyclic amines) is 2. The Labute approximate surface area is 471 Å². The molecule has 5 heterocycles. The maximum Gasteiger partial charge on any atom is 0.254 e. The first kappa shape index (κ1) is 60.6. The number of fused-ring (bicyclic) bond motifs is 1. The third-order valence-corrected chi connectivity index (χ3v) is 15.0. The summed E-state index contributed by atoms with van der Waals surface area (Å²) in [5.41, 5.74) is 24.4. The maximum absolute atomic E-state index is 13.7. The van der Waals surface area contributed by atoms with E-state index in [2.05, 4.69) is 40.1 Å². The third-order valence-electron chi connectivity index (χ3n) is 15.0. The highest BCUT2D eigenvalue weighted by Gasteiger charge is 2.28. The lowest BCUT2D eigenvalue weighted by molar-refractivity contribution is 0.0704. The van der Waals surface area contributed by atoms with Crippen LogP contribution in [0.25, 0.3) is 22.4 Å². The molecule has 2 amide bonds. The van der Waals surface area contributed by atoms with E-state index in [-0.39, 0.29) is 19.2 Å². The fraction of sp³-hybridized carbons (Fsp3) is 0.365. The minimum atomic E-state index is 0. The van der Waals surface area contributed by atoms with E-state index in [0.29, 0.717) is 90.4 Å². The van der Waals surface area contributed by atoms with Gasteiger partial charge in [-0.3, -0.25) is 14.4 Å². The summed E-state index contributed by atoms with van der Waals surface area (Å²) in [6.07, 6.45) is 7.81. The van der Waals surface area contributed by atoms with Crippen molar-refractivity contribution in [3.8, 4) is 23.5 Å². The van der Waals surface area contributed by atoms with Crippen LogP contribution in [0.3, 0.4) is 0 Å². The zero-order chi connectivity index (χ0) is 56.8. The highest BCUT2D eigenvalue weighted by atomic mass is 16.5. The number of anilines is 4. The van der Waals surface area contributed by atoms with Gasteiger partial charge in [0.15, 0.2) is 0 Å². The number of nitrogen functional groups attached to an aromatic ring is 2. The first-order chi connectivity index (χ1) is 38.0. The lowest BCUT2D eigenvalue weighted by Crippen LogP contribution is -2.38. The highest BCUT2D eigenvalue weighted by molar-refractivity contribution is 5.98. The lowest BCUT2D eigenvalue weighted by Gasteiger charge is -2.32. The zero-order valence-electron chi connectivity index (χ0n) is 46.7. The number of nitrogens with zero attached hydrogens (tertiary/aromatic N) is 9. The van der Waals surface area contributed by atoms with E-state index in [1.54, 1.807) is 38.7 Å². The molecule has 9 rings (SSSR count). The summed E-state index contributed by atoms with van der Waals surface area (Å²) in [4.78, 5) is 62.6. The number of aryl methyl sites for hydroxylation is 4. The molecule has 80 heavy (non-hydrogen) atoms. The van der Waals surface area contributed by atoms with E-state index in [0.717, 1.165) is 101 Å². The molecule has 5 N–H and O–H groups in total. The molecule has 2 aliphatic heterocycles. The number of H-pyrrole nitrogens is 1. The molecule has 0 bridgehead atoms. The van der Waals surface area contributed by atoms with Crippen molar-refractivity contribution in [3.63, 3.8) is 0 Å². The monoisotopic (exact) mass is 1080 g/mol. The number of pyridine rings is 2. The summed E-state index contributed by atoms with van der Waals surface area (Å²) >= 11 is 0. The van der Waals surface area contributed by atoms with Gasteiger partial charge in [-0.1, -0.05) is 43.8 Å². The van der Waals surface area contributed by atoms with Gasteiger partial charge in [-0.25, -0.2) is 15.0 Å². The normalized spacial score (nSPS) is 13.4. The molecule has 2 aliphatic rings. The van der Waals surface area contributed by atoms with Crippen molar-refractivity contribution in [2.45, 2.75) is 72.6 Å². The fourth-order valence-corrected chi connectivity index (χ4v) is 10.00. The van der Waals surface area contributed by atoms with Crippen LogP contribution in [0.2, 0.25) is 0 Å². The first-order valence-electron chi connectivity index (χ1n) is 26.6. The van der Waals surface area contributed by atoms with Gasteiger partial charge < -0.3 is 45.5 Å². The number of piperidine rings is 2. The summed E-state index contributed by atoms with van der Waals surface area (Å²) < 4.78 is 10.1. The summed E-state index contributed by atoms with van der Waals surface area (Å²) in [5.74, 6) is 3.24. The molecule has 0 unspecified atom stereocenters. The number of ether oxygens (including phenoxy) is 2. The molecule has 0 aliphatic carbocycles. The Morgan fingerprint density at radius 2 is 1.12 bits per heavy atom. The molecule has 0 spiro atoms. The van der Waals surface area contributed by atoms with Gasteiger partial charge in [-0.05, 0) is 135 Å². The molecule has 0 atom stereocenters. The number of methoxy groups -OCH3 is 2. The van der Waals surface area contributed by atoms with E-state index < -0.39 is 0 Å². The zero-order valence-corrected chi connectivity index (χ0v) is 46.7. The number of hydrogen-bond acceptors (Lipinski definition) is 14. The molecular formula is C63H76N12O5. The average molecular weight is 1080 g/mol. The molecule has 7 aromatic rings. The lowest BCUT2D eigenvalue weighted by atomic mass is 9.88. The van der Waals surface area contributed by atoms with Crippen LogP contribution in [0.15, 0.2) is 97.3 Å². The van der Waals surface area contributed by atoms with Crippen molar-refractivity contribution in [2.75, 3.05) is 102 Å². The smallest absolute Gasteiger partial charge is 0.254 e. The number of carbonyl (C=O) groups excluding carboxylic acids is 3. The number of rotatable bonds is 14. The van der Waals surface area contributed by atoms with E-state index in [1.165, 1.54) is 11.1 Å². The second-order valence-electron chi connectivity index (χ2n) is 20.4. The summed E-state index contributed by atoms with van der Waals surface area (Å²) in [5, 5.41) is 18.0. The predicted molar refractivity (Wildman–Crippen MR) is 318 cm³/mol. The summed E-state index contributed by atoms with van der Waals surface area (Å²) in [7, 11) is 7.26. The SMILES string of the molecule is C.COCCN(C)c1cc(N)c(N)cn1.COCCN(C)c1cc2nc(-c3cc(C(=O)N4CCC(c5ccc(C#N)cc5)CC4)c(C)cc3C)[nH]c2cn1.Cc1cc(C)c(C(=O)N2CCC(c3ccc(C#N)cc3)CC2)cc1C=O. The van der Waals surface area contributed by atoms with Gasteiger partial charge >= 0.3 is 0 Å². The molecule has 17 heteroatoms. The molecule has 2 fully saturated rings. The third kappa shape index (κ3) is 14.9. The second-order valence-corrected chi connectivity index (χ2v) is 20.4. The number of amides is 2. The number of imidazole rings is 1. The van der Waals surface area contributed by atoms with Crippen LogP contribution in [-0.4, -0.2) is 129 Å². The topological polar surface area (TPSA) is 237 Å². The van der Waals surface area contributed by atoms with Gasteiger partial charge in [0.05, 0.1) is 71.3 Å². The Kier molecular flexibility index (Phi) is 21.4. The molecule has 0 saturated carbocycles. The van der Waals surface area contributed by atoms with Gasteiger partial charge in [0.1, 0.15) is 23.7 Å². The number of nitrogens with two attached hydrogens (primary N) is 2. The standard InChI is InChI=1S/C31H34N6O2.C22H22N2O2.C9H16N4O.CH4/c1-20-15-21(2)26(31(38)37-11-9-24(10-12-37)23-7-5-22(18-32)6-8-23)16-25(20)30-34-27-17-29(33-19-28(27)35-30)36(3)13-14-39-4;1-15-11-16(2)21(12-20(15)14-25)22(26)24-9-7-19(8-10-24)18-5-3-17(13-23)4-6-18;1-13(3-4-14-2)9-5-7(10)8(11)6-12-9;/h5-8,15-17,19,24H,9-14H2,1-4H3,(H,34,35);3-6,11-12,14,19H,7-10H2,1-2H3;5-6H,3-4,11H2,1-2H3,(H2,10,12);1H4. The number of carbonyl (C=O) groups is 3. The maximum atomic E-state index is 13.7. The van der Waals surface area contributed by atoms with Crippen LogP contribution in [0.1, 0.15) is 121 Å². The summed E-state index contributed by atoms with van der Waals surface area (Å²) in [6.45, 7) is 13.5. The van der Waals surface area contributed by atoms with Gasteiger partial charge in [0.2, 0.25) is 0 Å². The number of aromatic nitrogens is 4. The minimum absolute atomic E-state index is 0. The van der Waals surface area contributed by atoms with E-state index in [4.69, 9.17) is 36.4 Å². The van der Waals surface area contributed by atoms with Crippen molar-refractivity contribution in [3.05, 3.63) is 159 Å². The number of aldehydes is 1. The quantitative estimate of drug-likeness (QED) is 0.0860.